The summed E-state index contributed by atoms with van der Waals surface area (Å²) in [6, 6.07) is 5.15. The van der Waals surface area contributed by atoms with Crippen LogP contribution in [0.4, 0.5) is 5.69 Å². The van der Waals surface area contributed by atoms with Crippen LogP contribution in [0.5, 0.6) is 0 Å². The molecule has 1 aromatic rings. The van der Waals surface area contributed by atoms with Crippen molar-refractivity contribution in [3.8, 4) is 0 Å². The number of rotatable bonds is 3. The van der Waals surface area contributed by atoms with Gasteiger partial charge in [-0.1, -0.05) is 23.2 Å². The van der Waals surface area contributed by atoms with Crippen LogP contribution in [-0.4, -0.2) is 37.5 Å². The first-order chi connectivity index (χ1) is 11.0. The lowest BCUT2D eigenvalue weighted by atomic mass is 10.0. The molecule has 2 unspecified atom stereocenters. The third-order valence-corrected chi connectivity index (χ3v) is 4.73. The molecule has 0 bridgehead atoms. The van der Waals surface area contributed by atoms with E-state index in [1.807, 2.05) is 0 Å². The maximum Gasteiger partial charge on any atom is 0.227 e. The topological polar surface area (TPSA) is 61.4 Å². The van der Waals surface area contributed by atoms with Crippen LogP contribution in [0.3, 0.4) is 0 Å². The van der Waals surface area contributed by atoms with Crippen LogP contribution in [0, 0.1) is 5.92 Å². The summed E-state index contributed by atoms with van der Waals surface area (Å²) >= 11 is 12.0. The minimum absolute atomic E-state index is 0.0531. The Morgan fingerprint density at radius 1 is 1.26 bits per heavy atom. The fourth-order valence-electron chi connectivity index (χ4n) is 3.12. The molecule has 3 rings (SSSR count). The van der Waals surface area contributed by atoms with Crippen molar-refractivity contribution in [2.24, 2.45) is 5.92 Å². The van der Waals surface area contributed by atoms with E-state index in [2.05, 4.69) is 10.6 Å². The van der Waals surface area contributed by atoms with Gasteiger partial charge in [-0.25, -0.2) is 0 Å². The van der Waals surface area contributed by atoms with Gasteiger partial charge in [0.15, 0.2) is 0 Å². The van der Waals surface area contributed by atoms with Gasteiger partial charge in [0.2, 0.25) is 11.8 Å². The van der Waals surface area contributed by atoms with Crippen LogP contribution in [0.25, 0.3) is 0 Å². The summed E-state index contributed by atoms with van der Waals surface area (Å²) in [5, 5.41) is 7.26. The number of piperidine rings is 1. The van der Waals surface area contributed by atoms with Crippen LogP contribution in [-0.2, 0) is 9.59 Å². The Morgan fingerprint density at radius 2 is 2.00 bits per heavy atom. The van der Waals surface area contributed by atoms with Crippen molar-refractivity contribution in [2.45, 2.75) is 25.3 Å². The molecule has 124 valence electrons. The predicted octanol–water partition coefficient (Wildman–Crippen LogP) is 2.21. The van der Waals surface area contributed by atoms with Gasteiger partial charge in [-0.15, -0.1) is 0 Å². The predicted molar refractivity (Wildman–Crippen MR) is 91.0 cm³/mol. The zero-order valence-electron chi connectivity index (χ0n) is 12.6. The molecule has 2 fully saturated rings. The highest BCUT2D eigenvalue weighted by Crippen LogP contribution is 2.30. The van der Waals surface area contributed by atoms with Gasteiger partial charge in [0.25, 0.3) is 0 Å². The lowest BCUT2D eigenvalue weighted by molar-refractivity contribution is -0.127. The van der Waals surface area contributed by atoms with Gasteiger partial charge < -0.3 is 15.5 Å². The van der Waals surface area contributed by atoms with E-state index in [4.69, 9.17) is 23.2 Å². The van der Waals surface area contributed by atoms with Crippen molar-refractivity contribution in [3.63, 3.8) is 0 Å². The van der Waals surface area contributed by atoms with E-state index in [9.17, 15) is 9.59 Å². The van der Waals surface area contributed by atoms with E-state index < -0.39 is 0 Å². The van der Waals surface area contributed by atoms with E-state index >= 15 is 0 Å². The summed E-state index contributed by atoms with van der Waals surface area (Å²) in [6.07, 6.45) is 2.25. The second-order valence-electron chi connectivity index (χ2n) is 6.08. The normalized spacial score (nSPS) is 24.8. The summed E-state index contributed by atoms with van der Waals surface area (Å²) in [7, 11) is 0. The molecule has 2 saturated heterocycles. The first-order valence-corrected chi connectivity index (χ1v) is 8.56. The fourth-order valence-corrected chi connectivity index (χ4v) is 3.64. The quantitative estimate of drug-likeness (QED) is 0.873. The number of anilines is 1. The molecule has 1 aromatic carbocycles. The molecule has 5 nitrogen and oxygen atoms in total. The second-order valence-corrected chi connectivity index (χ2v) is 6.96. The Bertz CT molecular complexity index is 597. The maximum atomic E-state index is 12.4. The van der Waals surface area contributed by atoms with E-state index in [1.165, 1.54) is 0 Å². The molecule has 7 heteroatoms. The van der Waals surface area contributed by atoms with Gasteiger partial charge in [0.1, 0.15) is 0 Å². The molecule has 0 spiro atoms. The van der Waals surface area contributed by atoms with Gasteiger partial charge in [0, 0.05) is 41.3 Å². The minimum Gasteiger partial charge on any atom is -0.352 e. The van der Waals surface area contributed by atoms with Gasteiger partial charge in [-0.3, -0.25) is 9.59 Å². The second kappa shape index (κ2) is 7.07. The molecule has 2 amide bonds. The van der Waals surface area contributed by atoms with Crippen LogP contribution < -0.4 is 15.5 Å². The third-order valence-electron chi connectivity index (χ3n) is 4.30. The van der Waals surface area contributed by atoms with E-state index in [0.717, 1.165) is 25.9 Å². The Balaban J connectivity index is 1.65. The summed E-state index contributed by atoms with van der Waals surface area (Å²) in [4.78, 5) is 26.2. The molecule has 0 aliphatic carbocycles. The first kappa shape index (κ1) is 16.6. The van der Waals surface area contributed by atoms with Crippen molar-refractivity contribution in [1.29, 1.82) is 0 Å². The van der Waals surface area contributed by atoms with Gasteiger partial charge in [-0.05, 0) is 37.6 Å². The average Bonchev–Trinajstić information content (AvgIpc) is 2.89. The molecule has 0 radical (unpaired) electrons. The number of nitrogens with one attached hydrogen (secondary N) is 2. The van der Waals surface area contributed by atoms with E-state index in [0.29, 0.717) is 22.3 Å². The third kappa shape index (κ3) is 3.97. The summed E-state index contributed by atoms with van der Waals surface area (Å²) in [5.41, 5.74) is 0.641. The van der Waals surface area contributed by atoms with Gasteiger partial charge in [0.05, 0.1) is 5.92 Å². The van der Waals surface area contributed by atoms with E-state index in [1.54, 1.807) is 23.1 Å². The number of hydrogen-bond acceptors (Lipinski definition) is 3. The Labute approximate surface area is 145 Å². The summed E-state index contributed by atoms with van der Waals surface area (Å²) in [6.45, 7) is 2.15. The lowest BCUT2D eigenvalue weighted by Gasteiger charge is -2.25. The standard InChI is InChI=1S/C16H19Cl2N3O2/c17-11-5-12(18)7-14(6-11)21-9-10(4-15(21)22)16(23)20-13-2-1-3-19-8-13/h5-7,10,13,19H,1-4,8-9H2,(H,20,23). The number of carbonyl (C=O) groups is 2. The van der Waals surface area contributed by atoms with E-state index in [-0.39, 0.29) is 30.2 Å². The van der Waals surface area contributed by atoms with Crippen molar-refractivity contribution in [2.75, 3.05) is 24.5 Å². The molecule has 2 N–H and O–H groups in total. The maximum absolute atomic E-state index is 12.4. The fraction of sp³-hybridized carbons (Fsp3) is 0.500. The summed E-state index contributed by atoms with van der Waals surface area (Å²) in [5.74, 6) is -0.463. The number of hydrogen-bond donors (Lipinski definition) is 2. The van der Waals surface area contributed by atoms with Gasteiger partial charge >= 0.3 is 0 Å². The Morgan fingerprint density at radius 3 is 2.65 bits per heavy atom. The average molecular weight is 356 g/mol. The monoisotopic (exact) mass is 355 g/mol. The highest BCUT2D eigenvalue weighted by Gasteiger charge is 2.36. The van der Waals surface area contributed by atoms with Crippen LogP contribution in [0.15, 0.2) is 18.2 Å². The molecular formula is C16H19Cl2N3O2. The zero-order valence-corrected chi connectivity index (χ0v) is 14.2. The first-order valence-electron chi connectivity index (χ1n) is 7.80. The number of carbonyl (C=O) groups excluding carboxylic acids is 2. The largest absolute Gasteiger partial charge is 0.352 e. The SMILES string of the molecule is O=C(NC1CCCNC1)C1CC(=O)N(c2cc(Cl)cc(Cl)c2)C1. The van der Waals surface area contributed by atoms with Crippen LogP contribution in [0.2, 0.25) is 10.0 Å². The molecule has 0 aromatic heterocycles. The molecule has 0 saturated carbocycles. The Hall–Kier alpha value is -1.30. The number of halogens is 2. The van der Waals surface area contributed by atoms with Crippen molar-refractivity contribution >= 4 is 40.7 Å². The van der Waals surface area contributed by atoms with Gasteiger partial charge in [-0.2, -0.15) is 0 Å². The summed E-state index contributed by atoms with van der Waals surface area (Å²) < 4.78 is 0. The Kier molecular flexibility index (Phi) is 5.09. The number of benzene rings is 1. The molecule has 2 atom stereocenters. The zero-order chi connectivity index (χ0) is 16.4. The minimum atomic E-state index is -0.331. The molecular weight excluding hydrogens is 337 g/mol. The molecule has 23 heavy (non-hydrogen) atoms. The molecule has 2 heterocycles. The smallest absolute Gasteiger partial charge is 0.227 e. The van der Waals surface area contributed by atoms with Crippen molar-refractivity contribution in [3.05, 3.63) is 28.2 Å². The lowest BCUT2D eigenvalue weighted by Crippen LogP contribution is -2.47. The number of nitrogens with zero attached hydrogens (tertiary/aromatic N) is 1. The van der Waals surface area contributed by atoms with Crippen LogP contribution >= 0.6 is 23.2 Å². The molecule has 2 aliphatic rings. The van der Waals surface area contributed by atoms with Crippen LogP contribution in [0.1, 0.15) is 19.3 Å². The highest BCUT2D eigenvalue weighted by molar-refractivity contribution is 6.35. The highest BCUT2D eigenvalue weighted by atomic mass is 35.5. The molecule has 2 aliphatic heterocycles. The van der Waals surface area contributed by atoms with Crippen molar-refractivity contribution in [1.82, 2.24) is 10.6 Å². The van der Waals surface area contributed by atoms with Crippen molar-refractivity contribution < 1.29 is 9.59 Å². The number of amides is 2.